The van der Waals surface area contributed by atoms with Gasteiger partial charge in [0.15, 0.2) is 11.5 Å². The van der Waals surface area contributed by atoms with E-state index in [1.807, 2.05) is 4.98 Å². The molecule has 0 amide bonds. The Morgan fingerprint density at radius 2 is 1.59 bits per heavy atom. The molecule has 0 radical (unpaired) electrons. The zero-order valence-electron chi connectivity index (χ0n) is 20.7. The lowest BCUT2D eigenvalue weighted by Gasteiger charge is -2.17. The molecule has 0 saturated carbocycles. The topological polar surface area (TPSA) is 129 Å². The quantitative estimate of drug-likeness (QED) is 0.374. The average molecular weight is 515 g/mol. The van der Waals surface area contributed by atoms with Gasteiger partial charge < -0.3 is 24.1 Å². The third-order valence-electron chi connectivity index (χ3n) is 5.71. The molecule has 0 aliphatic carbocycles. The van der Waals surface area contributed by atoms with Crippen LogP contribution in [0.15, 0.2) is 46.1 Å². The van der Waals surface area contributed by atoms with E-state index in [-0.39, 0.29) is 13.0 Å². The number of methoxy groups -OCH3 is 4. The summed E-state index contributed by atoms with van der Waals surface area (Å²) in [6, 6.07) is 8.61. The number of carboxylic acid groups (broad SMARTS) is 1. The number of aromatic nitrogens is 2. The first-order chi connectivity index (χ1) is 17.7. The van der Waals surface area contributed by atoms with Gasteiger partial charge in [0, 0.05) is 12.1 Å². The van der Waals surface area contributed by atoms with Gasteiger partial charge in [0.2, 0.25) is 11.6 Å². The van der Waals surface area contributed by atoms with Gasteiger partial charge in [0.25, 0.3) is 5.56 Å². The Bertz CT molecular complexity index is 1400. The first-order valence-electron chi connectivity index (χ1n) is 11.1. The zero-order valence-corrected chi connectivity index (χ0v) is 20.7. The maximum Gasteiger partial charge on any atom is 0.328 e. The lowest BCUT2D eigenvalue weighted by molar-refractivity contribution is -0.139. The minimum Gasteiger partial charge on any atom is -0.496 e. The van der Waals surface area contributed by atoms with E-state index < -0.39 is 29.0 Å². The normalized spacial score (nSPS) is 11.8. The van der Waals surface area contributed by atoms with Crippen LogP contribution in [0.2, 0.25) is 0 Å². The van der Waals surface area contributed by atoms with E-state index in [4.69, 9.17) is 18.9 Å². The molecule has 0 fully saturated rings. The summed E-state index contributed by atoms with van der Waals surface area (Å²) in [5.74, 6) is -1.60. The molecule has 0 aliphatic rings. The molecule has 1 atom stereocenters. The van der Waals surface area contributed by atoms with Crippen LogP contribution in [-0.2, 0) is 11.3 Å². The van der Waals surface area contributed by atoms with Crippen LogP contribution in [-0.4, -0.2) is 49.1 Å². The van der Waals surface area contributed by atoms with Crippen molar-refractivity contribution >= 4 is 18.1 Å². The summed E-state index contributed by atoms with van der Waals surface area (Å²) >= 11 is 0. The molecule has 3 rings (SSSR count). The highest BCUT2D eigenvalue weighted by molar-refractivity contribution is 5.79. The summed E-state index contributed by atoms with van der Waals surface area (Å²) in [7, 11) is 5.97. The van der Waals surface area contributed by atoms with Gasteiger partial charge in [-0.05, 0) is 41.8 Å². The van der Waals surface area contributed by atoms with Crippen LogP contribution in [0.5, 0.6) is 23.0 Å². The van der Waals surface area contributed by atoms with Gasteiger partial charge in [-0.3, -0.25) is 19.1 Å². The van der Waals surface area contributed by atoms with Crippen molar-refractivity contribution in [3.63, 3.8) is 0 Å². The van der Waals surface area contributed by atoms with Crippen LogP contribution < -0.4 is 30.2 Å². The Labute approximate surface area is 211 Å². The van der Waals surface area contributed by atoms with Gasteiger partial charge in [-0.25, -0.2) is 4.79 Å². The van der Waals surface area contributed by atoms with Gasteiger partial charge in [-0.15, -0.1) is 0 Å². The highest BCUT2D eigenvalue weighted by Gasteiger charge is 2.24. The number of rotatable bonds is 11. The van der Waals surface area contributed by atoms with E-state index in [9.17, 15) is 23.9 Å². The monoisotopic (exact) mass is 514 g/mol. The fraction of sp³-hybridized carbons (Fsp3) is 0.269. The molecule has 1 unspecified atom stereocenters. The average Bonchev–Trinajstić information content (AvgIpc) is 2.89. The van der Waals surface area contributed by atoms with E-state index in [0.29, 0.717) is 34.1 Å². The fourth-order valence-corrected chi connectivity index (χ4v) is 3.85. The number of nitrogens with one attached hydrogen (secondary N) is 1. The number of carbonyl (C=O) groups is 1. The number of nitrogens with zero attached hydrogens (tertiary/aromatic N) is 1. The number of halogens is 1. The molecule has 0 aliphatic heterocycles. The lowest BCUT2D eigenvalue weighted by atomic mass is 9.93. The molecule has 0 spiro atoms. The van der Waals surface area contributed by atoms with E-state index in [1.54, 1.807) is 42.5 Å². The molecule has 0 saturated heterocycles. The Morgan fingerprint density at radius 1 is 0.973 bits per heavy atom. The Kier molecular flexibility index (Phi) is 8.72. The van der Waals surface area contributed by atoms with Crippen LogP contribution in [0.4, 0.5) is 4.39 Å². The van der Waals surface area contributed by atoms with Crippen LogP contribution in [0.1, 0.15) is 29.0 Å². The number of ether oxygens (including phenoxy) is 4. The number of aromatic amines is 1. The molecule has 10 nitrogen and oxygen atoms in total. The highest BCUT2D eigenvalue weighted by atomic mass is 19.1. The lowest BCUT2D eigenvalue weighted by Crippen LogP contribution is -2.32. The summed E-state index contributed by atoms with van der Waals surface area (Å²) in [6.45, 7) is -0.141. The van der Waals surface area contributed by atoms with E-state index in [1.165, 1.54) is 28.4 Å². The maximum atomic E-state index is 13.6. The first kappa shape index (κ1) is 27.1. The van der Waals surface area contributed by atoms with Crippen molar-refractivity contribution < 1.29 is 33.2 Å². The van der Waals surface area contributed by atoms with Gasteiger partial charge in [-0.1, -0.05) is 18.2 Å². The third-order valence-corrected chi connectivity index (χ3v) is 5.71. The van der Waals surface area contributed by atoms with Gasteiger partial charge in [-0.2, -0.15) is 4.39 Å². The largest absolute Gasteiger partial charge is 0.496 e. The summed E-state index contributed by atoms with van der Waals surface area (Å²) in [5, 5.41) is 9.92. The van der Waals surface area contributed by atoms with Gasteiger partial charge in [0.1, 0.15) is 5.75 Å². The van der Waals surface area contributed by atoms with E-state index in [2.05, 4.69) is 0 Å². The second kappa shape index (κ2) is 11.9. The van der Waals surface area contributed by atoms with E-state index in [0.717, 1.165) is 16.3 Å². The minimum absolute atomic E-state index is 0.0584. The number of benzene rings is 2. The fourth-order valence-electron chi connectivity index (χ4n) is 3.85. The predicted molar refractivity (Wildman–Crippen MR) is 134 cm³/mol. The molecule has 11 heteroatoms. The molecule has 196 valence electrons. The van der Waals surface area contributed by atoms with Crippen molar-refractivity contribution in [3.8, 4) is 23.0 Å². The summed E-state index contributed by atoms with van der Waals surface area (Å²) in [4.78, 5) is 37.3. The smallest absolute Gasteiger partial charge is 0.328 e. The highest BCUT2D eigenvalue weighted by Crippen LogP contribution is 2.39. The molecule has 1 heterocycles. The minimum atomic E-state index is -1.15. The van der Waals surface area contributed by atoms with E-state index >= 15 is 0 Å². The molecule has 37 heavy (non-hydrogen) atoms. The molecule has 0 bridgehead atoms. The van der Waals surface area contributed by atoms with Crippen LogP contribution >= 0.6 is 0 Å². The van der Waals surface area contributed by atoms with Crippen molar-refractivity contribution in [3.05, 3.63) is 79.9 Å². The second-order valence-electron chi connectivity index (χ2n) is 7.90. The number of H-pyrrole nitrogens is 1. The number of hydrogen-bond donors (Lipinski definition) is 2. The Hall–Kier alpha value is -4.54. The molecule has 2 aromatic carbocycles. The molecule has 3 aromatic rings. The first-order valence-corrected chi connectivity index (χ1v) is 11.1. The Balaban J connectivity index is 1.94. The van der Waals surface area contributed by atoms with Crippen molar-refractivity contribution in [2.45, 2.75) is 18.9 Å². The number of carboxylic acids is 1. The van der Waals surface area contributed by atoms with Crippen molar-refractivity contribution in [1.29, 1.82) is 0 Å². The van der Waals surface area contributed by atoms with Gasteiger partial charge in [0.05, 0.1) is 40.6 Å². The molecule has 1 aromatic heterocycles. The van der Waals surface area contributed by atoms with Crippen molar-refractivity contribution in [2.24, 2.45) is 0 Å². The summed E-state index contributed by atoms with van der Waals surface area (Å²) in [5.41, 5.74) is -0.155. The molecule has 2 N–H and O–H groups in total. The standard InChI is InChI=1S/C26H27FN2O8/c1-34-20-8-7-15(5-6-16-12-21(35-2)23(37-4)22(13-16)36-3)11-18(20)17(25(31)32)9-10-29-14-19(27)24(30)28-26(29)33/h5-8,11-14,17H,9-10H2,1-4H3,(H,31,32)(H,28,30,33)/b6-5-. The third kappa shape index (κ3) is 6.18. The van der Waals surface area contributed by atoms with Crippen molar-refractivity contribution in [2.75, 3.05) is 28.4 Å². The summed E-state index contributed by atoms with van der Waals surface area (Å²) in [6.07, 6.45) is 4.28. The zero-order chi connectivity index (χ0) is 27.1. The van der Waals surface area contributed by atoms with Crippen LogP contribution in [0.3, 0.4) is 0 Å². The van der Waals surface area contributed by atoms with Gasteiger partial charge >= 0.3 is 11.7 Å². The van der Waals surface area contributed by atoms with Crippen LogP contribution in [0.25, 0.3) is 12.2 Å². The second-order valence-corrected chi connectivity index (χ2v) is 7.90. The predicted octanol–water partition coefficient (Wildman–Crippen LogP) is 3.14. The molecular weight excluding hydrogens is 487 g/mol. The number of hydrogen-bond acceptors (Lipinski definition) is 7. The van der Waals surface area contributed by atoms with Crippen LogP contribution in [0, 0.1) is 5.82 Å². The molecular formula is C26H27FN2O8. The maximum absolute atomic E-state index is 13.6. The number of aliphatic carboxylic acids is 1. The number of aryl methyl sites for hydroxylation is 1. The SMILES string of the molecule is COc1ccc(/C=C\c2cc(OC)c(OC)c(OC)c2)cc1C(CCn1cc(F)c(=O)[nH]c1=O)C(=O)O. The summed E-state index contributed by atoms with van der Waals surface area (Å²) < 4.78 is 36.0. The Morgan fingerprint density at radius 3 is 2.16 bits per heavy atom. The van der Waals surface area contributed by atoms with Crippen molar-refractivity contribution in [1.82, 2.24) is 9.55 Å².